The van der Waals surface area contributed by atoms with Gasteiger partial charge >= 0.3 is 0 Å². The molecule has 0 fully saturated rings. The second-order valence-corrected chi connectivity index (χ2v) is 3.14. The zero-order valence-electron chi connectivity index (χ0n) is 9.10. The van der Waals surface area contributed by atoms with Crippen LogP contribution in [0.15, 0.2) is 0 Å². The third-order valence-electron chi connectivity index (χ3n) is 1.68. The Labute approximate surface area is 78.2 Å². The van der Waals surface area contributed by atoms with Crippen molar-refractivity contribution >= 4 is 0 Å². The molecule has 0 spiro atoms. The highest BCUT2D eigenvalue weighted by Crippen LogP contribution is 2.03. The van der Waals surface area contributed by atoms with Crippen LogP contribution in [-0.2, 0) is 0 Å². The molecular formula is C11H26O. The van der Waals surface area contributed by atoms with Crippen LogP contribution in [0.5, 0.6) is 0 Å². The fraction of sp³-hybridized carbons (Fsp3) is 1.00. The summed E-state index contributed by atoms with van der Waals surface area (Å²) in [7, 11) is 0. The van der Waals surface area contributed by atoms with Gasteiger partial charge in [-0.05, 0) is 6.42 Å². The lowest BCUT2D eigenvalue weighted by Gasteiger charge is -1.93. The number of rotatable bonds is 6. The van der Waals surface area contributed by atoms with Gasteiger partial charge in [-0.2, -0.15) is 0 Å². The third-order valence-corrected chi connectivity index (χ3v) is 1.68. The Morgan fingerprint density at radius 1 is 0.667 bits per heavy atom. The van der Waals surface area contributed by atoms with E-state index in [-0.39, 0.29) is 0 Å². The standard InChI is InChI=1S/C8H18.C3H8O/c1-3-5-7-8-6-4-2;1-2-3-4/h3-8H2,1-2H3;4H,2-3H2,1H3. The minimum atomic E-state index is 0.319. The average molecular weight is 174 g/mol. The molecule has 0 heterocycles. The van der Waals surface area contributed by atoms with Crippen molar-refractivity contribution in [2.75, 3.05) is 6.61 Å². The maximum atomic E-state index is 7.88. The van der Waals surface area contributed by atoms with Crippen molar-refractivity contribution in [2.24, 2.45) is 0 Å². The first-order valence-electron chi connectivity index (χ1n) is 5.44. The van der Waals surface area contributed by atoms with Crippen LogP contribution in [0.2, 0.25) is 0 Å². The van der Waals surface area contributed by atoms with Crippen molar-refractivity contribution in [3.05, 3.63) is 0 Å². The monoisotopic (exact) mass is 174 g/mol. The molecule has 0 radical (unpaired) electrons. The van der Waals surface area contributed by atoms with Crippen molar-refractivity contribution < 1.29 is 5.11 Å². The fourth-order valence-corrected chi connectivity index (χ4v) is 0.854. The second-order valence-electron chi connectivity index (χ2n) is 3.14. The maximum absolute atomic E-state index is 7.88. The zero-order chi connectivity index (χ0) is 9.66. The van der Waals surface area contributed by atoms with Crippen molar-refractivity contribution in [3.63, 3.8) is 0 Å². The summed E-state index contributed by atoms with van der Waals surface area (Å²) in [6.45, 7) is 6.76. The Bertz CT molecular complexity index is 45.0. The minimum absolute atomic E-state index is 0.319. The topological polar surface area (TPSA) is 20.2 Å². The first kappa shape index (κ1) is 14.5. The van der Waals surface area contributed by atoms with Gasteiger partial charge in [-0.1, -0.05) is 59.3 Å². The summed E-state index contributed by atoms with van der Waals surface area (Å²) >= 11 is 0. The molecule has 0 aliphatic rings. The van der Waals surface area contributed by atoms with Crippen molar-refractivity contribution in [1.82, 2.24) is 0 Å². The van der Waals surface area contributed by atoms with Gasteiger partial charge in [-0.25, -0.2) is 0 Å². The van der Waals surface area contributed by atoms with Gasteiger partial charge in [-0.15, -0.1) is 0 Å². The maximum Gasteiger partial charge on any atom is 0.0428 e. The van der Waals surface area contributed by atoms with Gasteiger partial charge in [0.1, 0.15) is 0 Å². The summed E-state index contributed by atoms with van der Waals surface area (Å²) in [5.74, 6) is 0. The van der Waals surface area contributed by atoms with Crippen LogP contribution in [0.4, 0.5) is 0 Å². The molecule has 0 aliphatic carbocycles. The molecule has 0 bridgehead atoms. The van der Waals surface area contributed by atoms with Gasteiger partial charge in [0.15, 0.2) is 0 Å². The Morgan fingerprint density at radius 2 is 1.00 bits per heavy atom. The van der Waals surface area contributed by atoms with E-state index in [1.807, 2.05) is 6.92 Å². The summed E-state index contributed by atoms with van der Waals surface area (Å²) in [5.41, 5.74) is 0. The molecule has 1 N–H and O–H groups in total. The molecule has 0 saturated heterocycles. The van der Waals surface area contributed by atoms with E-state index in [1.165, 1.54) is 38.5 Å². The molecular weight excluding hydrogens is 148 g/mol. The second kappa shape index (κ2) is 17.2. The molecule has 1 heteroatoms. The van der Waals surface area contributed by atoms with Crippen molar-refractivity contribution in [2.45, 2.75) is 65.7 Å². The molecule has 0 rings (SSSR count). The summed E-state index contributed by atoms with van der Waals surface area (Å²) in [6, 6.07) is 0. The van der Waals surface area contributed by atoms with Gasteiger partial charge < -0.3 is 5.11 Å². The van der Waals surface area contributed by atoms with Crippen molar-refractivity contribution in [1.29, 1.82) is 0 Å². The first-order chi connectivity index (χ1) is 5.83. The molecule has 0 aromatic rings. The highest BCUT2D eigenvalue weighted by Gasteiger charge is 1.83. The minimum Gasteiger partial charge on any atom is -0.396 e. The number of aliphatic hydroxyl groups is 1. The third kappa shape index (κ3) is 22.5. The Morgan fingerprint density at radius 3 is 1.17 bits per heavy atom. The van der Waals surface area contributed by atoms with Crippen LogP contribution in [0.3, 0.4) is 0 Å². The van der Waals surface area contributed by atoms with Gasteiger partial charge in [0.05, 0.1) is 0 Å². The van der Waals surface area contributed by atoms with Gasteiger partial charge in [0.25, 0.3) is 0 Å². The number of aliphatic hydroxyl groups excluding tert-OH is 1. The van der Waals surface area contributed by atoms with Crippen molar-refractivity contribution in [3.8, 4) is 0 Å². The molecule has 12 heavy (non-hydrogen) atoms. The zero-order valence-corrected chi connectivity index (χ0v) is 9.10. The van der Waals surface area contributed by atoms with Crippen LogP contribution in [0.25, 0.3) is 0 Å². The number of hydrogen-bond donors (Lipinski definition) is 1. The average Bonchev–Trinajstić information content (AvgIpc) is 2.13. The van der Waals surface area contributed by atoms with E-state index >= 15 is 0 Å². The summed E-state index contributed by atoms with van der Waals surface area (Å²) in [4.78, 5) is 0. The lowest BCUT2D eigenvalue weighted by molar-refractivity contribution is 0.295. The van der Waals surface area contributed by atoms with E-state index in [1.54, 1.807) is 0 Å². The van der Waals surface area contributed by atoms with Gasteiger partial charge in [0, 0.05) is 6.61 Å². The smallest absolute Gasteiger partial charge is 0.0428 e. The van der Waals surface area contributed by atoms with Crippen LogP contribution < -0.4 is 0 Å². The molecule has 0 atom stereocenters. The van der Waals surface area contributed by atoms with E-state index in [0.717, 1.165) is 6.42 Å². The van der Waals surface area contributed by atoms with Gasteiger partial charge in [-0.3, -0.25) is 0 Å². The number of unbranched alkanes of at least 4 members (excludes halogenated alkanes) is 5. The molecule has 0 amide bonds. The predicted octanol–water partition coefficient (Wildman–Crippen LogP) is 3.76. The first-order valence-corrected chi connectivity index (χ1v) is 5.44. The van der Waals surface area contributed by atoms with E-state index < -0.39 is 0 Å². The van der Waals surface area contributed by atoms with Crippen LogP contribution in [0, 0.1) is 0 Å². The molecule has 0 aromatic heterocycles. The quantitative estimate of drug-likeness (QED) is 0.608. The molecule has 76 valence electrons. The Hall–Kier alpha value is -0.0400. The lowest BCUT2D eigenvalue weighted by atomic mass is 10.1. The van der Waals surface area contributed by atoms with Crippen LogP contribution in [-0.4, -0.2) is 11.7 Å². The van der Waals surface area contributed by atoms with E-state index in [9.17, 15) is 0 Å². The molecule has 0 unspecified atom stereocenters. The Balaban J connectivity index is 0. The molecule has 0 saturated carbocycles. The summed E-state index contributed by atoms with van der Waals surface area (Å²) in [5, 5.41) is 7.88. The van der Waals surface area contributed by atoms with E-state index in [0.29, 0.717) is 6.61 Å². The van der Waals surface area contributed by atoms with E-state index in [4.69, 9.17) is 5.11 Å². The molecule has 0 aromatic carbocycles. The highest BCUT2D eigenvalue weighted by molar-refractivity contribution is 4.39. The predicted molar refractivity (Wildman–Crippen MR) is 56.4 cm³/mol. The van der Waals surface area contributed by atoms with E-state index in [2.05, 4.69) is 13.8 Å². The largest absolute Gasteiger partial charge is 0.396 e. The Kier molecular flexibility index (Phi) is 20.7. The summed E-state index contributed by atoms with van der Waals surface area (Å²) in [6.07, 6.45) is 9.36. The normalized spacial score (nSPS) is 9.00. The SMILES string of the molecule is CCCCCCCC.CCCO. The fourth-order valence-electron chi connectivity index (χ4n) is 0.854. The van der Waals surface area contributed by atoms with Crippen LogP contribution in [0.1, 0.15) is 65.7 Å². The van der Waals surface area contributed by atoms with Crippen LogP contribution >= 0.6 is 0 Å². The molecule has 1 nitrogen and oxygen atoms in total. The van der Waals surface area contributed by atoms with Gasteiger partial charge in [0.2, 0.25) is 0 Å². The lowest BCUT2D eigenvalue weighted by Crippen LogP contribution is -1.73. The number of hydrogen-bond acceptors (Lipinski definition) is 1. The highest BCUT2D eigenvalue weighted by atomic mass is 16.2. The summed E-state index contributed by atoms with van der Waals surface area (Å²) < 4.78 is 0. The molecule has 0 aliphatic heterocycles.